The van der Waals surface area contributed by atoms with Gasteiger partial charge in [-0.1, -0.05) is 0 Å². The van der Waals surface area contributed by atoms with Gasteiger partial charge in [0.05, 0.1) is 0 Å². The molecule has 0 spiro atoms. The Morgan fingerprint density at radius 3 is 2.18 bits per heavy atom. The summed E-state index contributed by atoms with van der Waals surface area (Å²) in [5.41, 5.74) is -0.318. The normalized spacial score (nSPS) is 18.2. The number of hydrogen-bond donors (Lipinski definition) is 1. The van der Waals surface area contributed by atoms with E-state index in [1.54, 1.807) is 0 Å². The van der Waals surface area contributed by atoms with E-state index in [4.69, 9.17) is 0 Å². The Morgan fingerprint density at radius 1 is 1.35 bits per heavy atom. The van der Waals surface area contributed by atoms with E-state index in [1.807, 2.05) is 27.8 Å². The van der Waals surface area contributed by atoms with Crippen molar-refractivity contribution >= 4 is 6.47 Å². The van der Waals surface area contributed by atoms with Crippen LogP contribution in [0, 0.1) is 5.92 Å². The van der Waals surface area contributed by atoms with Crippen LogP contribution >= 0.6 is 0 Å². The summed E-state index contributed by atoms with van der Waals surface area (Å²) in [6.07, 6.45) is 2.74. The van der Waals surface area contributed by atoms with Crippen LogP contribution in [0.3, 0.4) is 0 Å². The van der Waals surface area contributed by atoms with Gasteiger partial charge in [-0.3, -0.25) is 4.79 Å². The van der Waals surface area contributed by atoms with Crippen LogP contribution in [-0.4, -0.2) is 50.7 Å². The fourth-order valence-corrected chi connectivity index (χ4v) is 1.70. The van der Waals surface area contributed by atoms with E-state index in [1.165, 1.54) is 32.5 Å². The van der Waals surface area contributed by atoms with Crippen molar-refractivity contribution in [3.8, 4) is 0 Å². The van der Waals surface area contributed by atoms with Crippen LogP contribution in [0.4, 0.5) is 0 Å². The van der Waals surface area contributed by atoms with Crippen LogP contribution in [0.25, 0.3) is 0 Å². The molecule has 1 heterocycles. The molecule has 0 saturated carbocycles. The van der Waals surface area contributed by atoms with Crippen LogP contribution in [0.15, 0.2) is 0 Å². The van der Waals surface area contributed by atoms with Gasteiger partial charge in [0, 0.05) is 0 Å². The molecule has 1 rings (SSSR count). The predicted octanol–water partition coefficient (Wildman–Crippen LogP) is 1.51. The SMILES string of the molecule is CC(C)(C)OC=O.CNCC1CCN(C)CC1. The minimum absolute atomic E-state index is 0.318. The van der Waals surface area contributed by atoms with Crippen LogP contribution in [0.5, 0.6) is 0 Å². The van der Waals surface area contributed by atoms with E-state index in [0.29, 0.717) is 6.47 Å². The summed E-state index contributed by atoms with van der Waals surface area (Å²) >= 11 is 0. The molecule has 17 heavy (non-hydrogen) atoms. The van der Waals surface area contributed by atoms with E-state index in [9.17, 15) is 4.79 Å². The van der Waals surface area contributed by atoms with Gasteiger partial charge in [-0.2, -0.15) is 0 Å². The van der Waals surface area contributed by atoms with Crippen molar-refractivity contribution in [1.29, 1.82) is 0 Å². The fraction of sp³-hybridized carbons (Fsp3) is 0.923. The standard InChI is InChI=1S/C8H18N2.C5H10O2/c1-9-7-8-3-5-10(2)6-4-8;1-5(2,3)7-4-6/h8-9H,3-7H2,1-2H3;4H,1-3H3. The largest absolute Gasteiger partial charge is 0.462 e. The summed E-state index contributed by atoms with van der Waals surface area (Å²) in [7, 11) is 4.24. The highest BCUT2D eigenvalue weighted by atomic mass is 16.5. The Balaban J connectivity index is 0.000000325. The molecule has 0 amide bonds. The van der Waals surface area contributed by atoms with Crippen molar-refractivity contribution in [2.24, 2.45) is 5.92 Å². The van der Waals surface area contributed by atoms with E-state index < -0.39 is 0 Å². The monoisotopic (exact) mass is 244 g/mol. The molecule has 1 aliphatic rings. The molecular formula is C13H28N2O2. The number of carbonyl (C=O) groups is 1. The number of likely N-dealkylation sites (tertiary alicyclic amines) is 1. The Morgan fingerprint density at radius 2 is 1.88 bits per heavy atom. The maximum Gasteiger partial charge on any atom is 0.293 e. The highest BCUT2D eigenvalue weighted by molar-refractivity contribution is 5.37. The second-order valence-electron chi connectivity index (χ2n) is 5.63. The number of nitrogens with one attached hydrogen (secondary N) is 1. The molecule has 102 valence electrons. The Hall–Kier alpha value is -0.610. The number of carbonyl (C=O) groups excluding carboxylic acids is 1. The Bertz CT molecular complexity index is 194. The maximum atomic E-state index is 9.60. The Kier molecular flexibility index (Phi) is 8.17. The quantitative estimate of drug-likeness (QED) is 0.764. The number of rotatable bonds is 3. The van der Waals surface area contributed by atoms with Crippen LogP contribution in [0.2, 0.25) is 0 Å². The molecule has 1 saturated heterocycles. The molecular weight excluding hydrogens is 216 g/mol. The molecule has 0 bridgehead atoms. The van der Waals surface area contributed by atoms with Crippen molar-refractivity contribution < 1.29 is 9.53 Å². The summed E-state index contributed by atoms with van der Waals surface area (Å²) in [4.78, 5) is 12.0. The zero-order valence-electron chi connectivity index (χ0n) is 12.0. The molecule has 0 aromatic carbocycles. The molecule has 0 atom stereocenters. The first-order chi connectivity index (χ1) is 7.89. The van der Waals surface area contributed by atoms with E-state index in [0.717, 1.165) is 5.92 Å². The van der Waals surface area contributed by atoms with Gasteiger partial charge in [0.15, 0.2) is 0 Å². The third-order valence-corrected chi connectivity index (χ3v) is 2.73. The molecule has 0 radical (unpaired) electrons. The highest BCUT2D eigenvalue weighted by Crippen LogP contribution is 2.14. The van der Waals surface area contributed by atoms with Crippen LogP contribution in [-0.2, 0) is 9.53 Å². The summed E-state index contributed by atoms with van der Waals surface area (Å²) < 4.78 is 4.55. The van der Waals surface area contributed by atoms with Gasteiger partial charge >= 0.3 is 0 Å². The fourth-order valence-electron chi connectivity index (χ4n) is 1.70. The average Bonchev–Trinajstić information content (AvgIpc) is 2.21. The van der Waals surface area contributed by atoms with Crippen molar-refractivity contribution in [2.75, 3.05) is 33.7 Å². The lowest BCUT2D eigenvalue weighted by Crippen LogP contribution is -2.34. The van der Waals surface area contributed by atoms with E-state index in [-0.39, 0.29) is 5.60 Å². The number of ether oxygens (including phenoxy) is 1. The molecule has 4 heteroatoms. The molecule has 0 unspecified atom stereocenters. The van der Waals surface area contributed by atoms with Gasteiger partial charge in [-0.25, -0.2) is 0 Å². The van der Waals surface area contributed by atoms with Gasteiger partial charge in [0.1, 0.15) is 5.60 Å². The summed E-state index contributed by atoms with van der Waals surface area (Å²) in [5, 5.41) is 3.23. The van der Waals surface area contributed by atoms with E-state index in [2.05, 4.69) is 22.0 Å². The zero-order valence-corrected chi connectivity index (χ0v) is 12.0. The van der Waals surface area contributed by atoms with Gasteiger partial charge in [-0.05, 0) is 73.3 Å². The summed E-state index contributed by atoms with van der Waals surface area (Å²) in [6, 6.07) is 0. The number of piperidine rings is 1. The van der Waals surface area contributed by atoms with Gasteiger partial charge < -0.3 is 15.0 Å². The minimum atomic E-state index is -0.318. The smallest absolute Gasteiger partial charge is 0.293 e. The van der Waals surface area contributed by atoms with Crippen molar-refractivity contribution in [3.05, 3.63) is 0 Å². The molecule has 0 aliphatic carbocycles. The second kappa shape index (κ2) is 8.48. The predicted molar refractivity (Wildman–Crippen MR) is 71.0 cm³/mol. The lowest BCUT2D eigenvalue weighted by Gasteiger charge is -2.28. The molecule has 0 aromatic heterocycles. The third-order valence-electron chi connectivity index (χ3n) is 2.73. The first-order valence-corrected chi connectivity index (χ1v) is 6.33. The van der Waals surface area contributed by atoms with Crippen molar-refractivity contribution in [2.45, 2.75) is 39.2 Å². The Labute approximate surface area is 106 Å². The minimum Gasteiger partial charge on any atom is -0.462 e. The van der Waals surface area contributed by atoms with Crippen molar-refractivity contribution in [1.82, 2.24) is 10.2 Å². The first kappa shape index (κ1) is 16.4. The van der Waals surface area contributed by atoms with Crippen LogP contribution < -0.4 is 5.32 Å². The molecule has 1 aliphatic heterocycles. The maximum absolute atomic E-state index is 9.60. The first-order valence-electron chi connectivity index (χ1n) is 6.33. The third kappa shape index (κ3) is 10.3. The van der Waals surface area contributed by atoms with Crippen LogP contribution in [0.1, 0.15) is 33.6 Å². The molecule has 1 N–H and O–H groups in total. The lowest BCUT2D eigenvalue weighted by molar-refractivity contribution is -0.138. The van der Waals surface area contributed by atoms with Crippen molar-refractivity contribution in [3.63, 3.8) is 0 Å². The number of nitrogens with zero attached hydrogens (tertiary/aromatic N) is 1. The lowest BCUT2D eigenvalue weighted by atomic mass is 9.97. The molecule has 0 aromatic rings. The molecule has 1 fully saturated rings. The summed E-state index contributed by atoms with van der Waals surface area (Å²) in [5.74, 6) is 0.932. The summed E-state index contributed by atoms with van der Waals surface area (Å²) in [6.45, 7) is 9.69. The topological polar surface area (TPSA) is 41.6 Å². The second-order valence-corrected chi connectivity index (χ2v) is 5.63. The van der Waals surface area contributed by atoms with Gasteiger partial charge in [0.2, 0.25) is 0 Å². The highest BCUT2D eigenvalue weighted by Gasteiger charge is 2.14. The van der Waals surface area contributed by atoms with Gasteiger partial charge in [0.25, 0.3) is 6.47 Å². The molecule has 4 nitrogen and oxygen atoms in total. The number of hydrogen-bond acceptors (Lipinski definition) is 4. The van der Waals surface area contributed by atoms with Gasteiger partial charge in [-0.15, -0.1) is 0 Å². The van der Waals surface area contributed by atoms with E-state index >= 15 is 0 Å². The zero-order chi connectivity index (χ0) is 13.3. The average molecular weight is 244 g/mol.